The van der Waals surface area contributed by atoms with Gasteiger partial charge in [0.05, 0.1) is 24.3 Å². The SMILES string of the molecule is C=CCc1cc(/C=C2\SC(=O)N(c3ccccc3)C2=O)cc(OCC)c1OCC(=O)OC. The summed E-state index contributed by atoms with van der Waals surface area (Å²) < 4.78 is 16.0. The topological polar surface area (TPSA) is 82.1 Å². The normalized spacial score (nSPS) is 14.6. The Labute approximate surface area is 190 Å². The first-order valence-electron chi connectivity index (χ1n) is 9.91. The van der Waals surface area contributed by atoms with E-state index in [9.17, 15) is 14.4 Å². The molecule has 0 unspecified atom stereocenters. The molecule has 0 bridgehead atoms. The molecule has 7 nitrogen and oxygen atoms in total. The Balaban J connectivity index is 1.97. The number of imide groups is 1. The molecular formula is C24H23NO6S. The van der Waals surface area contributed by atoms with E-state index in [1.54, 1.807) is 42.5 Å². The highest BCUT2D eigenvalue weighted by Crippen LogP contribution is 2.38. The molecule has 3 rings (SSSR count). The highest BCUT2D eigenvalue weighted by molar-refractivity contribution is 8.19. The minimum atomic E-state index is -0.518. The molecule has 0 aliphatic carbocycles. The summed E-state index contributed by atoms with van der Waals surface area (Å²) in [5.74, 6) is -0.0768. The number of para-hydroxylation sites is 1. The Hall–Kier alpha value is -3.52. The maximum Gasteiger partial charge on any atom is 0.343 e. The molecule has 1 saturated heterocycles. The average molecular weight is 454 g/mol. The molecule has 1 aliphatic rings. The van der Waals surface area contributed by atoms with Crippen LogP contribution in [0.2, 0.25) is 0 Å². The van der Waals surface area contributed by atoms with E-state index < -0.39 is 5.97 Å². The van der Waals surface area contributed by atoms with Gasteiger partial charge in [-0.2, -0.15) is 0 Å². The molecule has 0 spiro atoms. The Bertz CT molecular complexity index is 1060. The second-order valence-corrected chi connectivity index (χ2v) is 7.64. The van der Waals surface area contributed by atoms with Gasteiger partial charge in [-0.3, -0.25) is 9.59 Å². The molecule has 1 heterocycles. The minimum Gasteiger partial charge on any atom is -0.490 e. The number of anilines is 1. The van der Waals surface area contributed by atoms with Gasteiger partial charge >= 0.3 is 5.97 Å². The molecular weight excluding hydrogens is 430 g/mol. The number of thioether (sulfide) groups is 1. The third-order valence-electron chi connectivity index (χ3n) is 4.49. The number of nitrogens with zero attached hydrogens (tertiary/aromatic N) is 1. The van der Waals surface area contributed by atoms with Crippen molar-refractivity contribution in [2.75, 3.05) is 25.2 Å². The van der Waals surface area contributed by atoms with E-state index in [0.29, 0.717) is 40.7 Å². The maximum absolute atomic E-state index is 12.9. The Morgan fingerprint density at radius 1 is 1.16 bits per heavy atom. The number of methoxy groups -OCH3 is 1. The number of carbonyl (C=O) groups is 3. The minimum absolute atomic E-state index is 0.268. The van der Waals surface area contributed by atoms with Crippen molar-refractivity contribution in [1.82, 2.24) is 0 Å². The van der Waals surface area contributed by atoms with Crippen molar-refractivity contribution in [3.63, 3.8) is 0 Å². The number of amides is 2. The van der Waals surface area contributed by atoms with Crippen molar-refractivity contribution in [3.8, 4) is 11.5 Å². The van der Waals surface area contributed by atoms with Gasteiger partial charge in [-0.25, -0.2) is 9.69 Å². The number of esters is 1. The van der Waals surface area contributed by atoms with Crippen LogP contribution in [-0.4, -0.2) is 37.4 Å². The zero-order valence-corrected chi connectivity index (χ0v) is 18.6. The molecule has 0 N–H and O–H groups in total. The summed E-state index contributed by atoms with van der Waals surface area (Å²) in [4.78, 5) is 38.4. The molecule has 0 aromatic heterocycles. The highest BCUT2D eigenvalue weighted by Gasteiger charge is 2.36. The zero-order chi connectivity index (χ0) is 23.1. The first-order valence-corrected chi connectivity index (χ1v) is 10.7. The molecule has 32 heavy (non-hydrogen) atoms. The van der Waals surface area contributed by atoms with Crippen molar-refractivity contribution < 1.29 is 28.6 Å². The smallest absolute Gasteiger partial charge is 0.343 e. The van der Waals surface area contributed by atoms with Crippen LogP contribution in [0.4, 0.5) is 10.5 Å². The van der Waals surface area contributed by atoms with Crippen molar-refractivity contribution in [3.05, 3.63) is 71.2 Å². The van der Waals surface area contributed by atoms with E-state index in [0.717, 1.165) is 22.2 Å². The second kappa shape index (κ2) is 10.7. The number of carbonyl (C=O) groups excluding carboxylic acids is 3. The third kappa shape index (κ3) is 5.20. The van der Waals surface area contributed by atoms with Crippen molar-refractivity contribution in [2.24, 2.45) is 0 Å². The predicted octanol–water partition coefficient (Wildman–Crippen LogP) is 4.61. The molecule has 0 saturated carbocycles. The van der Waals surface area contributed by atoms with Crippen molar-refractivity contribution in [2.45, 2.75) is 13.3 Å². The van der Waals surface area contributed by atoms with Gasteiger partial charge in [-0.05, 0) is 61.0 Å². The van der Waals surface area contributed by atoms with Gasteiger partial charge in [0.25, 0.3) is 11.1 Å². The van der Waals surface area contributed by atoms with Crippen LogP contribution in [0, 0.1) is 0 Å². The van der Waals surface area contributed by atoms with Crippen LogP contribution in [0.5, 0.6) is 11.5 Å². The van der Waals surface area contributed by atoms with Crippen LogP contribution in [0.25, 0.3) is 6.08 Å². The Morgan fingerprint density at radius 2 is 1.91 bits per heavy atom. The van der Waals surface area contributed by atoms with Crippen molar-refractivity contribution in [1.29, 1.82) is 0 Å². The summed E-state index contributed by atoms with van der Waals surface area (Å²) in [7, 11) is 1.28. The zero-order valence-electron chi connectivity index (χ0n) is 17.8. The molecule has 0 radical (unpaired) electrons. The van der Waals surface area contributed by atoms with Crippen LogP contribution in [0.1, 0.15) is 18.1 Å². The molecule has 2 aromatic rings. The van der Waals surface area contributed by atoms with Gasteiger partial charge in [0, 0.05) is 5.56 Å². The number of hydrogen-bond acceptors (Lipinski definition) is 7. The fourth-order valence-electron chi connectivity index (χ4n) is 3.11. The lowest BCUT2D eigenvalue weighted by atomic mass is 10.0. The first kappa shape index (κ1) is 23.1. The van der Waals surface area contributed by atoms with Gasteiger partial charge in [0.1, 0.15) is 0 Å². The van der Waals surface area contributed by atoms with E-state index in [1.165, 1.54) is 7.11 Å². The van der Waals surface area contributed by atoms with E-state index in [1.807, 2.05) is 19.1 Å². The molecule has 8 heteroatoms. The van der Waals surface area contributed by atoms with Gasteiger partial charge < -0.3 is 14.2 Å². The van der Waals surface area contributed by atoms with Crippen LogP contribution in [0.15, 0.2) is 60.0 Å². The summed E-state index contributed by atoms with van der Waals surface area (Å²) in [6.07, 6.45) is 3.79. The highest BCUT2D eigenvalue weighted by atomic mass is 32.2. The van der Waals surface area contributed by atoms with E-state index in [4.69, 9.17) is 9.47 Å². The number of benzene rings is 2. The molecule has 2 amide bonds. The quantitative estimate of drug-likeness (QED) is 0.312. The third-order valence-corrected chi connectivity index (χ3v) is 5.36. The summed E-state index contributed by atoms with van der Waals surface area (Å²) in [5.41, 5.74) is 1.91. The summed E-state index contributed by atoms with van der Waals surface area (Å²) in [6.45, 7) is 5.70. The van der Waals surface area contributed by atoms with E-state index in [2.05, 4.69) is 11.3 Å². The van der Waals surface area contributed by atoms with Crippen LogP contribution in [0.3, 0.4) is 0 Å². The lowest BCUT2D eigenvalue weighted by Crippen LogP contribution is -2.27. The molecule has 2 aromatic carbocycles. The summed E-state index contributed by atoms with van der Waals surface area (Å²) in [5, 5.41) is -0.359. The van der Waals surface area contributed by atoms with Gasteiger partial charge in [0.15, 0.2) is 18.1 Å². The lowest BCUT2D eigenvalue weighted by Gasteiger charge is -2.16. The molecule has 1 fully saturated rings. The van der Waals surface area contributed by atoms with Gasteiger partial charge in [-0.15, -0.1) is 6.58 Å². The summed E-state index contributed by atoms with van der Waals surface area (Å²) in [6, 6.07) is 12.3. The van der Waals surface area contributed by atoms with Crippen molar-refractivity contribution >= 4 is 40.6 Å². The Kier molecular flexibility index (Phi) is 7.72. The van der Waals surface area contributed by atoms with E-state index in [-0.39, 0.29) is 17.8 Å². The molecule has 166 valence electrons. The number of hydrogen-bond donors (Lipinski definition) is 0. The van der Waals surface area contributed by atoms with Crippen LogP contribution in [-0.2, 0) is 20.7 Å². The van der Waals surface area contributed by atoms with E-state index >= 15 is 0 Å². The van der Waals surface area contributed by atoms with Gasteiger partial charge in [0.2, 0.25) is 0 Å². The first-order chi connectivity index (χ1) is 15.5. The predicted molar refractivity (Wildman–Crippen MR) is 124 cm³/mol. The fraction of sp³-hybridized carbons (Fsp3) is 0.208. The monoisotopic (exact) mass is 453 g/mol. The maximum atomic E-state index is 12.9. The number of ether oxygens (including phenoxy) is 3. The summed E-state index contributed by atoms with van der Waals surface area (Å²) >= 11 is 0.876. The molecule has 1 aliphatic heterocycles. The van der Waals surface area contributed by atoms with Crippen LogP contribution >= 0.6 is 11.8 Å². The van der Waals surface area contributed by atoms with Gasteiger partial charge in [-0.1, -0.05) is 24.3 Å². The number of rotatable bonds is 9. The standard InChI is InChI=1S/C24H23NO6S/c1-4-9-17-12-16(13-19(30-5-2)22(17)31-15-21(26)29-3)14-20-23(27)25(24(28)32-20)18-10-7-6-8-11-18/h4,6-8,10-14H,1,5,9,15H2,2-3H3/b20-14-. The second-order valence-electron chi connectivity index (χ2n) is 6.65. The fourth-order valence-corrected chi connectivity index (χ4v) is 3.95. The number of allylic oxidation sites excluding steroid dienone is 1. The van der Waals surface area contributed by atoms with Crippen LogP contribution < -0.4 is 14.4 Å². The largest absolute Gasteiger partial charge is 0.490 e. The average Bonchev–Trinajstić information content (AvgIpc) is 3.06. The Morgan fingerprint density at radius 3 is 2.56 bits per heavy atom. The lowest BCUT2D eigenvalue weighted by molar-refractivity contribution is -0.142. The molecule has 0 atom stereocenters.